The summed E-state index contributed by atoms with van der Waals surface area (Å²) in [5.74, 6) is -2.25. The molecule has 0 fully saturated rings. The Hall–Kier alpha value is -2.98. The second-order valence-electron chi connectivity index (χ2n) is 8.58. The fourth-order valence-corrected chi connectivity index (χ4v) is 4.13. The maximum absolute atomic E-state index is 13.4. The summed E-state index contributed by atoms with van der Waals surface area (Å²) < 4.78 is 5.52. The van der Waals surface area contributed by atoms with Crippen molar-refractivity contribution >= 4 is 22.5 Å². The van der Waals surface area contributed by atoms with Crippen LogP contribution in [0.25, 0.3) is 10.8 Å². The quantitative estimate of drug-likeness (QED) is 0.521. The van der Waals surface area contributed by atoms with Crippen LogP contribution in [0, 0.1) is 0 Å². The molecule has 3 aromatic rings. The number of carbonyl (C=O) groups is 2. The van der Waals surface area contributed by atoms with Gasteiger partial charge in [0.2, 0.25) is 11.4 Å². The van der Waals surface area contributed by atoms with E-state index in [9.17, 15) is 14.7 Å². The van der Waals surface area contributed by atoms with E-state index in [1.54, 1.807) is 32.9 Å². The first-order valence-corrected chi connectivity index (χ1v) is 9.78. The van der Waals surface area contributed by atoms with Gasteiger partial charge >= 0.3 is 5.97 Å². The maximum Gasteiger partial charge on any atom is 0.347 e. The van der Waals surface area contributed by atoms with Gasteiger partial charge in [-0.1, -0.05) is 66.7 Å². The zero-order valence-electron chi connectivity index (χ0n) is 16.8. The number of rotatable bonds is 2. The Morgan fingerprint density at radius 3 is 2.41 bits per heavy atom. The summed E-state index contributed by atoms with van der Waals surface area (Å²) in [6, 6.07) is 20.7. The van der Waals surface area contributed by atoms with Crippen LogP contribution in [0.15, 0.2) is 66.7 Å². The lowest BCUT2D eigenvalue weighted by molar-refractivity contribution is -0.174. The molecule has 0 saturated carbocycles. The van der Waals surface area contributed by atoms with Gasteiger partial charge in [-0.25, -0.2) is 4.79 Å². The standard InChI is InChI=1S/C25H24O4/c1-24(2,3)29-23(27)25(28)21(15-17-10-5-7-13-19(17)22(25)26)20-14-8-11-16-9-4-6-12-18(16)20/h4-14,21,28H,15H2,1-3H3/t21-,25-/m0/s1. The minimum Gasteiger partial charge on any atom is -0.457 e. The van der Waals surface area contributed by atoms with Crippen molar-refractivity contribution in [3.8, 4) is 0 Å². The maximum atomic E-state index is 13.4. The van der Waals surface area contributed by atoms with Gasteiger partial charge in [0.05, 0.1) is 0 Å². The molecule has 4 rings (SSSR count). The van der Waals surface area contributed by atoms with Gasteiger partial charge in [0, 0.05) is 11.5 Å². The van der Waals surface area contributed by atoms with Crippen LogP contribution in [0.2, 0.25) is 0 Å². The molecule has 0 amide bonds. The summed E-state index contributed by atoms with van der Waals surface area (Å²) in [6.07, 6.45) is 0.367. The molecule has 0 aromatic heterocycles. The molecule has 148 valence electrons. The van der Waals surface area contributed by atoms with Gasteiger partial charge in [0.1, 0.15) is 5.60 Å². The second kappa shape index (κ2) is 6.82. The number of carbonyl (C=O) groups excluding carboxylic acids is 2. The van der Waals surface area contributed by atoms with E-state index in [0.29, 0.717) is 12.0 Å². The Labute approximate surface area is 170 Å². The minimum absolute atomic E-state index is 0.367. The number of ether oxygens (including phenoxy) is 1. The first-order chi connectivity index (χ1) is 13.7. The molecule has 0 aliphatic heterocycles. The lowest BCUT2D eigenvalue weighted by Crippen LogP contribution is -2.56. The Kier molecular flexibility index (Phi) is 4.55. The summed E-state index contributed by atoms with van der Waals surface area (Å²) in [4.78, 5) is 26.6. The predicted molar refractivity (Wildman–Crippen MR) is 112 cm³/mol. The van der Waals surface area contributed by atoms with Crippen LogP contribution in [0.4, 0.5) is 0 Å². The van der Waals surface area contributed by atoms with Gasteiger partial charge in [-0.05, 0) is 49.1 Å². The molecule has 0 heterocycles. The Bertz CT molecular complexity index is 1100. The van der Waals surface area contributed by atoms with Gasteiger partial charge in [0.15, 0.2) is 0 Å². The van der Waals surface area contributed by atoms with Crippen LogP contribution in [0.5, 0.6) is 0 Å². The third kappa shape index (κ3) is 3.23. The molecule has 1 N–H and O–H groups in total. The summed E-state index contributed by atoms with van der Waals surface area (Å²) in [5.41, 5.74) is -1.15. The molecule has 0 saturated heterocycles. The fourth-order valence-electron chi connectivity index (χ4n) is 4.13. The van der Waals surface area contributed by atoms with Crippen molar-refractivity contribution in [2.75, 3.05) is 0 Å². The molecule has 0 bridgehead atoms. The number of ketones is 1. The SMILES string of the molecule is CC(C)(C)OC(=O)[C@@]1(O)C(=O)c2ccccc2C[C@H]1c1cccc2ccccc12. The van der Waals surface area contributed by atoms with Crippen LogP contribution in [0.1, 0.15) is 48.2 Å². The topological polar surface area (TPSA) is 63.6 Å². The third-order valence-electron chi connectivity index (χ3n) is 5.45. The second-order valence-corrected chi connectivity index (χ2v) is 8.58. The van der Waals surface area contributed by atoms with Crippen LogP contribution < -0.4 is 0 Å². The van der Waals surface area contributed by atoms with Crippen molar-refractivity contribution in [3.05, 3.63) is 83.4 Å². The highest BCUT2D eigenvalue weighted by molar-refractivity contribution is 6.18. The summed E-state index contributed by atoms with van der Waals surface area (Å²) >= 11 is 0. The normalized spacial score (nSPS) is 21.7. The smallest absolute Gasteiger partial charge is 0.347 e. The number of hydrogen-bond donors (Lipinski definition) is 1. The average Bonchev–Trinajstić information content (AvgIpc) is 2.69. The predicted octanol–water partition coefficient (Wildman–Crippen LogP) is 4.44. The van der Waals surface area contributed by atoms with Crippen molar-refractivity contribution in [1.29, 1.82) is 0 Å². The van der Waals surface area contributed by atoms with E-state index in [1.165, 1.54) is 0 Å². The molecule has 1 aliphatic carbocycles. The van der Waals surface area contributed by atoms with Crippen molar-refractivity contribution in [2.24, 2.45) is 0 Å². The molecular formula is C25H24O4. The molecule has 3 aromatic carbocycles. The molecule has 0 spiro atoms. The molecule has 4 nitrogen and oxygen atoms in total. The van der Waals surface area contributed by atoms with Gasteiger partial charge in [-0.3, -0.25) is 4.79 Å². The molecule has 0 unspecified atom stereocenters. The Morgan fingerprint density at radius 1 is 1.00 bits per heavy atom. The summed E-state index contributed by atoms with van der Waals surface area (Å²) in [5, 5.41) is 13.6. The third-order valence-corrected chi connectivity index (χ3v) is 5.45. The number of Topliss-reactive ketones (excluding diaryl/α,β-unsaturated/α-hetero) is 1. The first-order valence-electron chi connectivity index (χ1n) is 9.78. The Balaban J connectivity index is 1.94. The lowest BCUT2D eigenvalue weighted by Gasteiger charge is -2.39. The highest BCUT2D eigenvalue weighted by Crippen LogP contribution is 2.43. The molecule has 4 heteroatoms. The highest BCUT2D eigenvalue weighted by atomic mass is 16.6. The fraction of sp³-hybridized carbons (Fsp3) is 0.280. The van der Waals surface area contributed by atoms with Crippen molar-refractivity contribution in [2.45, 2.75) is 44.3 Å². The van der Waals surface area contributed by atoms with Crippen LogP contribution in [0.3, 0.4) is 0 Å². The van der Waals surface area contributed by atoms with Gasteiger partial charge < -0.3 is 9.84 Å². The van der Waals surface area contributed by atoms with E-state index in [-0.39, 0.29) is 0 Å². The zero-order valence-corrected chi connectivity index (χ0v) is 16.8. The Morgan fingerprint density at radius 2 is 1.66 bits per heavy atom. The minimum atomic E-state index is -2.29. The summed E-state index contributed by atoms with van der Waals surface area (Å²) in [6.45, 7) is 5.17. The van der Waals surface area contributed by atoms with Crippen molar-refractivity contribution in [1.82, 2.24) is 0 Å². The lowest BCUT2D eigenvalue weighted by atomic mass is 9.68. The largest absolute Gasteiger partial charge is 0.457 e. The van der Waals surface area contributed by atoms with Crippen LogP contribution >= 0.6 is 0 Å². The highest BCUT2D eigenvalue weighted by Gasteiger charge is 2.56. The van der Waals surface area contributed by atoms with Gasteiger partial charge in [-0.15, -0.1) is 0 Å². The molecule has 29 heavy (non-hydrogen) atoms. The van der Waals surface area contributed by atoms with Gasteiger partial charge in [-0.2, -0.15) is 0 Å². The first kappa shape index (κ1) is 19.3. The number of aliphatic hydroxyl groups is 1. The van der Waals surface area contributed by atoms with E-state index in [1.807, 2.05) is 54.6 Å². The average molecular weight is 388 g/mol. The number of fused-ring (bicyclic) bond motifs is 2. The van der Waals surface area contributed by atoms with Crippen molar-refractivity contribution < 1.29 is 19.4 Å². The van der Waals surface area contributed by atoms with Gasteiger partial charge in [0.25, 0.3) is 0 Å². The monoisotopic (exact) mass is 388 g/mol. The van der Waals surface area contributed by atoms with Crippen molar-refractivity contribution in [3.63, 3.8) is 0 Å². The molecule has 1 aliphatic rings. The number of hydrogen-bond acceptors (Lipinski definition) is 4. The van der Waals surface area contributed by atoms with E-state index >= 15 is 0 Å². The number of esters is 1. The van der Waals surface area contributed by atoms with E-state index < -0.39 is 28.9 Å². The van der Waals surface area contributed by atoms with E-state index in [0.717, 1.165) is 21.9 Å². The molecular weight excluding hydrogens is 364 g/mol. The zero-order chi connectivity index (χ0) is 20.8. The number of benzene rings is 3. The van der Waals surface area contributed by atoms with E-state index in [4.69, 9.17) is 4.74 Å². The molecule has 2 atom stereocenters. The van der Waals surface area contributed by atoms with Crippen LogP contribution in [-0.4, -0.2) is 28.1 Å². The van der Waals surface area contributed by atoms with E-state index in [2.05, 4.69) is 0 Å². The molecule has 0 radical (unpaired) electrons. The summed E-state index contributed by atoms with van der Waals surface area (Å²) in [7, 11) is 0. The van der Waals surface area contributed by atoms with Crippen LogP contribution in [-0.2, 0) is 16.0 Å².